The van der Waals surface area contributed by atoms with Crippen molar-refractivity contribution < 1.29 is 19.1 Å². The normalized spacial score (nSPS) is 12.2. The van der Waals surface area contributed by atoms with Crippen molar-refractivity contribution in [2.75, 3.05) is 0 Å². The highest BCUT2D eigenvalue weighted by atomic mass is 32.2. The van der Waals surface area contributed by atoms with Crippen LogP contribution in [0.15, 0.2) is 29.4 Å². The predicted octanol–water partition coefficient (Wildman–Crippen LogP) is 4.79. The van der Waals surface area contributed by atoms with Gasteiger partial charge in [-0.15, -0.1) is 0 Å². The second-order valence-electron chi connectivity index (χ2n) is 6.12. The van der Waals surface area contributed by atoms with Gasteiger partial charge in [0.1, 0.15) is 17.5 Å². The van der Waals surface area contributed by atoms with E-state index in [-0.39, 0.29) is 30.6 Å². The first kappa shape index (κ1) is 22.5. The van der Waals surface area contributed by atoms with Crippen LogP contribution in [0.4, 0.5) is 0 Å². The van der Waals surface area contributed by atoms with Gasteiger partial charge < -0.3 is 9.47 Å². The molecule has 1 atom stereocenters. The van der Waals surface area contributed by atoms with E-state index in [1.807, 2.05) is 45.9 Å². The molecule has 0 amide bonds. The average molecular weight is 382 g/mol. The van der Waals surface area contributed by atoms with Crippen molar-refractivity contribution in [3.63, 3.8) is 0 Å². The van der Waals surface area contributed by atoms with Crippen molar-refractivity contribution in [2.24, 2.45) is 0 Å². The van der Waals surface area contributed by atoms with Crippen molar-refractivity contribution in [1.82, 2.24) is 4.98 Å². The maximum Gasteiger partial charge on any atom is 0.319 e. The van der Waals surface area contributed by atoms with Gasteiger partial charge in [-0.3, -0.25) is 9.59 Å². The first-order chi connectivity index (χ1) is 12.5. The molecule has 1 unspecified atom stereocenters. The molecule has 0 aliphatic heterocycles. The highest BCUT2D eigenvalue weighted by Gasteiger charge is 2.26. The second kappa shape index (κ2) is 12.7. The Morgan fingerprint density at radius 1 is 1.00 bits per heavy atom. The zero-order chi connectivity index (χ0) is 19.4. The Hall–Kier alpha value is -1.56. The molecule has 0 spiro atoms. The fourth-order valence-electron chi connectivity index (χ4n) is 2.43. The van der Waals surface area contributed by atoms with Crippen LogP contribution in [0.25, 0.3) is 0 Å². The Kier molecular flexibility index (Phi) is 11.0. The fraction of sp³-hybridized carbons (Fsp3) is 0.650. The van der Waals surface area contributed by atoms with E-state index < -0.39 is 5.25 Å². The summed E-state index contributed by atoms with van der Waals surface area (Å²) in [4.78, 5) is 28.9. The quantitative estimate of drug-likeness (QED) is 0.383. The van der Waals surface area contributed by atoms with Gasteiger partial charge >= 0.3 is 11.9 Å². The van der Waals surface area contributed by atoms with E-state index in [2.05, 4.69) is 4.98 Å². The van der Waals surface area contributed by atoms with E-state index >= 15 is 0 Å². The third kappa shape index (κ3) is 8.21. The molecule has 0 bridgehead atoms. The molecule has 0 radical (unpaired) electrons. The van der Waals surface area contributed by atoms with Crippen molar-refractivity contribution in [1.29, 1.82) is 0 Å². The van der Waals surface area contributed by atoms with Gasteiger partial charge in [-0.25, -0.2) is 4.98 Å². The zero-order valence-electron chi connectivity index (χ0n) is 16.3. The summed E-state index contributed by atoms with van der Waals surface area (Å²) in [6.45, 7) is 7.98. The highest BCUT2D eigenvalue weighted by Crippen LogP contribution is 2.26. The molecule has 6 heteroatoms. The monoisotopic (exact) mass is 381 g/mol. The Morgan fingerprint density at radius 2 is 1.62 bits per heavy atom. The number of hydrogen-bond donors (Lipinski definition) is 0. The summed E-state index contributed by atoms with van der Waals surface area (Å²) in [5.41, 5.74) is 0. The number of pyridine rings is 1. The summed E-state index contributed by atoms with van der Waals surface area (Å²) in [5.74, 6) is -0.551. The van der Waals surface area contributed by atoms with E-state index in [9.17, 15) is 9.59 Å². The summed E-state index contributed by atoms with van der Waals surface area (Å²) >= 11 is 1.34. The van der Waals surface area contributed by atoms with Crippen LogP contribution in [0.2, 0.25) is 0 Å². The van der Waals surface area contributed by atoms with Gasteiger partial charge in [-0.1, -0.05) is 45.5 Å². The Balaban J connectivity index is 2.70. The molecule has 1 aromatic rings. The summed E-state index contributed by atoms with van der Waals surface area (Å²) in [6.07, 6.45) is 5.26. The number of thioether (sulfide) groups is 1. The molecule has 0 aliphatic rings. The molecule has 0 aliphatic carbocycles. The number of carbonyl (C=O) groups excluding carboxylic acids is 2. The lowest BCUT2D eigenvalue weighted by Crippen LogP contribution is -2.27. The third-order valence-corrected chi connectivity index (χ3v) is 5.37. The summed E-state index contributed by atoms with van der Waals surface area (Å²) < 4.78 is 11.0. The van der Waals surface area contributed by atoms with Crippen LogP contribution < -0.4 is 0 Å². The first-order valence-corrected chi connectivity index (χ1v) is 10.4. The van der Waals surface area contributed by atoms with Crippen LogP contribution in [0.1, 0.15) is 66.2 Å². The lowest BCUT2D eigenvalue weighted by atomic mass is 10.2. The van der Waals surface area contributed by atoms with Crippen LogP contribution in [0.5, 0.6) is 0 Å². The van der Waals surface area contributed by atoms with Gasteiger partial charge in [0, 0.05) is 12.6 Å². The maximum absolute atomic E-state index is 12.6. The molecule has 0 aromatic carbocycles. The Bertz CT molecular complexity index is 530. The minimum Gasteiger partial charge on any atom is -0.462 e. The third-order valence-electron chi connectivity index (χ3n) is 4.18. The molecule has 0 saturated carbocycles. The van der Waals surface area contributed by atoms with E-state index in [0.29, 0.717) is 6.42 Å². The molecular weight excluding hydrogens is 350 g/mol. The molecular formula is C20H31NO4S. The molecule has 1 rings (SSSR count). The number of aromatic nitrogens is 1. The molecule has 1 heterocycles. The van der Waals surface area contributed by atoms with E-state index in [4.69, 9.17) is 9.47 Å². The lowest BCUT2D eigenvalue weighted by Gasteiger charge is -2.20. The smallest absolute Gasteiger partial charge is 0.319 e. The Labute approximate surface area is 161 Å². The summed E-state index contributed by atoms with van der Waals surface area (Å²) in [5, 5.41) is 0.270. The number of rotatable bonds is 12. The zero-order valence-corrected chi connectivity index (χ0v) is 17.1. The second-order valence-corrected chi connectivity index (χ2v) is 7.34. The van der Waals surface area contributed by atoms with Crippen molar-refractivity contribution in [3.05, 3.63) is 24.4 Å². The van der Waals surface area contributed by atoms with Gasteiger partial charge in [-0.2, -0.15) is 0 Å². The topological polar surface area (TPSA) is 65.5 Å². The molecule has 0 saturated heterocycles. The average Bonchev–Trinajstić information content (AvgIpc) is 2.67. The van der Waals surface area contributed by atoms with Crippen LogP contribution in [0, 0.1) is 0 Å². The van der Waals surface area contributed by atoms with Gasteiger partial charge in [0.25, 0.3) is 0 Å². The summed E-state index contributed by atoms with van der Waals surface area (Å²) in [7, 11) is 0. The van der Waals surface area contributed by atoms with Crippen molar-refractivity contribution >= 4 is 23.7 Å². The first-order valence-electron chi connectivity index (χ1n) is 9.51. The molecule has 1 aromatic heterocycles. The molecule has 26 heavy (non-hydrogen) atoms. The van der Waals surface area contributed by atoms with E-state index in [1.165, 1.54) is 11.8 Å². The number of nitrogens with zero attached hydrogens (tertiary/aromatic N) is 1. The van der Waals surface area contributed by atoms with Crippen LogP contribution in [-0.2, 0) is 19.1 Å². The minimum atomic E-state index is -0.472. The lowest BCUT2D eigenvalue weighted by molar-refractivity contribution is -0.150. The summed E-state index contributed by atoms with van der Waals surface area (Å²) in [6, 6.07) is 5.55. The fourth-order valence-corrected chi connectivity index (χ4v) is 3.39. The largest absolute Gasteiger partial charge is 0.462 e. The number of ether oxygens (including phenoxy) is 2. The van der Waals surface area contributed by atoms with Gasteiger partial charge in [-0.05, 0) is 44.2 Å². The maximum atomic E-state index is 12.6. The van der Waals surface area contributed by atoms with E-state index in [0.717, 1.165) is 30.7 Å². The standard InChI is InChI=1S/C20H31NO4S/c1-5-15(6-2)24-19(22)13-12-17(20(23)25-16(7-3)8-4)26-18-11-9-10-14-21-18/h9-11,14-17H,5-8,12-13H2,1-4H3. The van der Waals surface area contributed by atoms with Gasteiger partial charge in [0.2, 0.25) is 0 Å². The van der Waals surface area contributed by atoms with E-state index in [1.54, 1.807) is 6.20 Å². The predicted molar refractivity (Wildman–Crippen MR) is 104 cm³/mol. The van der Waals surface area contributed by atoms with Crippen LogP contribution >= 0.6 is 11.8 Å². The molecule has 146 valence electrons. The molecule has 0 fully saturated rings. The van der Waals surface area contributed by atoms with Crippen molar-refractivity contribution in [3.8, 4) is 0 Å². The molecule has 5 nitrogen and oxygen atoms in total. The SMILES string of the molecule is CCC(CC)OC(=O)CCC(Sc1ccccn1)C(=O)OC(CC)CC. The van der Waals surface area contributed by atoms with Crippen LogP contribution in [0.3, 0.4) is 0 Å². The minimum absolute atomic E-state index is 0.0547. The number of carbonyl (C=O) groups is 2. The van der Waals surface area contributed by atoms with Gasteiger partial charge in [0.05, 0.1) is 5.03 Å². The molecule has 0 N–H and O–H groups in total. The highest BCUT2D eigenvalue weighted by molar-refractivity contribution is 8.00. The number of esters is 2. The van der Waals surface area contributed by atoms with Crippen LogP contribution in [-0.4, -0.2) is 34.4 Å². The van der Waals surface area contributed by atoms with Crippen molar-refractivity contribution in [2.45, 2.75) is 88.7 Å². The number of hydrogen-bond acceptors (Lipinski definition) is 6. The van der Waals surface area contributed by atoms with Gasteiger partial charge in [0.15, 0.2) is 0 Å². The Morgan fingerprint density at radius 3 is 2.15 bits per heavy atom.